The number of carboxylic acids is 1. The van der Waals surface area contributed by atoms with Crippen molar-refractivity contribution >= 4 is 12.0 Å². The van der Waals surface area contributed by atoms with Crippen LogP contribution in [-0.2, 0) is 4.79 Å². The fraction of sp³-hybridized carbons (Fsp3) is 0.733. The number of amides is 2. The number of urea groups is 1. The van der Waals surface area contributed by atoms with Crippen LogP contribution in [0.15, 0.2) is 12.2 Å². The number of hydrogen-bond donors (Lipinski definition) is 3. The average Bonchev–Trinajstić information content (AvgIpc) is 2.94. The van der Waals surface area contributed by atoms with Crippen LogP contribution < -0.4 is 5.32 Å². The van der Waals surface area contributed by atoms with Gasteiger partial charge in [-0.25, -0.2) is 4.79 Å². The minimum atomic E-state index is -0.859. The lowest BCUT2D eigenvalue weighted by molar-refractivity contribution is -0.140. The molecule has 1 fully saturated rings. The first-order chi connectivity index (χ1) is 10.1. The molecule has 2 aliphatic carbocycles. The van der Waals surface area contributed by atoms with Gasteiger partial charge in [-0.2, -0.15) is 0 Å². The molecule has 0 aliphatic heterocycles. The van der Waals surface area contributed by atoms with Gasteiger partial charge < -0.3 is 20.4 Å². The molecule has 3 N–H and O–H groups in total. The van der Waals surface area contributed by atoms with Gasteiger partial charge in [0.05, 0.1) is 18.6 Å². The number of nitrogens with one attached hydrogen (secondary N) is 1. The minimum Gasteiger partial charge on any atom is -0.481 e. The van der Waals surface area contributed by atoms with Crippen molar-refractivity contribution in [1.82, 2.24) is 10.2 Å². The fourth-order valence-electron chi connectivity index (χ4n) is 3.18. The molecule has 0 spiro atoms. The van der Waals surface area contributed by atoms with Crippen LogP contribution in [0.1, 0.15) is 38.5 Å². The Morgan fingerprint density at radius 2 is 1.90 bits per heavy atom. The summed E-state index contributed by atoms with van der Waals surface area (Å²) >= 11 is 0. The van der Waals surface area contributed by atoms with Gasteiger partial charge in [-0.15, -0.1) is 0 Å². The highest BCUT2D eigenvalue weighted by Crippen LogP contribution is 2.23. The maximum Gasteiger partial charge on any atom is 0.318 e. The second kappa shape index (κ2) is 7.45. The maximum absolute atomic E-state index is 12.4. The number of aliphatic hydroxyl groups is 1. The van der Waals surface area contributed by atoms with Crippen LogP contribution in [-0.4, -0.2) is 52.3 Å². The first-order valence-electron chi connectivity index (χ1n) is 7.71. The molecule has 2 amide bonds. The molecular weight excluding hydrogens is 272 g/mol. The summed E-state index contributed by atoms with van der Waals surface area (Å²) in [6.07, 6.45) is 9.17. The van der Waals surface area contributed by atoms with E-state index in [1.54, 1.807) is 17.1 Å². The fourth-order valence-corrected chi connectivity index (χ4v) is 3.18. The van der Waals surface area contributed by atoms with E-state index < -0.39 is 11.9 Å². The third-order valence-electron chi connectivity index (χ3n) is 4.33. The maximum atomic E-state index is 12.4. The monoisotopic (exact) mass is 296 g/mol. The largest absolute Gasteiger partial charge is 0.481 e. The molecule has 0 aromatic heterocycles. The molecule has 2 atom stereocenters. The lowest BCUT2D eigenvalue weighted by Crippen LogP contribution is -2.50. The zero-order valence-electron chi connectivity index (χ0n) is 12.2. The highest BCUT2D eigenvalue weighted by Gasteiger charge is 2.29. The van der Waals surface area contributed by atoms with Crippen LogP contribution in [0.4, 0.5) is 4.79 Å². The van der Waals surface area contributed by atoms with Crippen LogP contribution >= 0.6 is 0 Å². The standard InChI is InChI=1S/C15H24N2O4/c18-9-8-17(13-4-2-1-3-5-13)15(21)16-12-7-6-11(10-12)14(19)20/h6-7,11-13,18H,1-5,8-10H2,(H,16,21)(H,19,20). The molecule has 2 rings (SSSR count). The zero-order chi connectivity index (χ0) is 15.2. The van der Waals surface area contributed by atoms with Crippen LogP contribution in [0.5, 0.6) is 0 Å². The first kappa shape index (κ1) is 15.8. The van der Waals surface area contributed by atoms with Crippen molar-refractivity contribution < 1.29 is 19.8 Å². The molecule has 0 aromatic rings. The smallest absolute Gasteiger partial charge is 0.318 e. The van der Waals surface area contributed by atoms with Crippen molar-refractivity contribution in [3.8, 4) is 0 Å². The van der Waals surface area contributed by atoms with E-state index in [4.69, 9.17) is 5.11 Å². The van der Waals surface area contributed by atoms with E-state index in [0.717, 1.165) is 25.7 Å². The van der Waals surface area contributed by atoms with Gasteiger partial charge in [0, 0.05) is 12.6 Å². The molecule has 6 heteroatoms. The number of nitrogens with zero attached hydrogens (tertiary/aromatic N) is 1. The molecule has 0 heterocycles. The Morgan fingerprint density at radius 3 is 2.48 bits per heavy atom. The number of carboxylic acid groups (broad SMARTS) is 1. The van der Waals surface area contributed by atoms with Crippen molar-refractivity contribution in [3.05, 3.63) is 12.2 Å². The van der Waals surface area contributed by atoms with Gasteiger partial charge in [-0.3, -0.25) is 4.79 Å². The van der Waals surface area contributed by atoms with E-state index in [2.05, 4.69) is 5.32 Å². The van der Waals surface area contributed by atoms with Crippen LogP contribution in [0, 0.1) is 5.92 Å². The first-order valence-corrected chi connectivity index (χ1v) is 7.71. The summed E-state index contributed by atoms with van der Waals surface area (Å²) in [4.78, 5) is 25.0. The zero-order valence-corrected chi connectivity index (χ0v) is 12.2. The van der Waals surface area contributed by atoms with Gasteiger partial charge in [0.25, 0.3) is 0 Å². The average molecular weight is 296 g/mol. The van der Waals surface area contributed by atoms with E-state index in [1.807, 2.05) is 0 Å². The summed E-state index contributed by atoms with van der Waals surface area (Å²) in [5, 5.41) is 21.0. The summed E-state index contributed by atoms with van der Waals surface area (Å²) in [7, 11) is 0. The number of carbonyl (C=O) groups excluding carboxylic acids is 1. The van der Waals surface area contributed by atoms with Crippen molar-refractivity contribution in [2.24, 2.45) is 5.92 Å². The van der Waals surface area contributed by atoms with Gasteiger partial charge in [-0.1, -0.05) is 31.4 Å². The summed E-state index contributed by atoms with van der Waals surface area (Å²) in [6.45, 7) is 0.275. The molecule has 118 valence electrons. The molecular formula is C15H24N2O4. The van der Waals surface area contributed by atoms with Gasteiger partial charge >= 0.3 is 12.0 Å². The Labute approximate surface area is 124 Å². The highest BCUT2D eigenvalue weighted by molar-refractivity contribution is 5.76. The summed E-state index contributed by atoms with van der Waals surface area (Å²) in [6, 6.07) is -0.244. The van der Waals surface area contributed by atoms with Crippen molar-refractivity contribution in [2.45, 2.75) is 50.6 Å². The number of aliphatic carboxylic acids is 1. The summed E-state index contributed by atoms with van der Waals surface area (Å²) in [5.41, 5.74) is 0. The van der Waals surface area contributed by atoms with Crippen LogP contribution in [0.3, 0.4) is 0 Å². The summed E-state index contributed by atoms with van der Waals surface area (Å²) < 4.78 is 0. The lowest BCUT2D eigenvalue weighted by Gasteiger charge is -2.34. The van der Waals surface area contributed by atoms with Crippen LogP contribution in [0.25, 0.3) is 0 Å². The van der Waals surface area contributed by atoms with Crippen molar-refractivity contribution in [1.29, 1.82) is 0 Å². The number of rotatable bonds is 5. The third kappa shape index (κ3) is 4.20. The van der Waals surface area contributed by atoms with Crippen molar-refractivity contribution in [2.75, 3.05) is 13.2 Å². The topological polar surface area (TPSA) is 89.9 Å². The highest BCUT2D eigenvalue weighted by atomic mass is 16.4. The van der Waals surface area contributed by atoms with Crippen molar-refractivity contribution in [3.63, 3.8) is 0 Å². The lowest BCUT2D eigenvalue weighted by atomic mass is 9.94. The predicted octanol–water partition coefficient (Wildman–Crippen LogP) is 1.35. The third-order valence-corrected chi connectivity index (χ3v) is 4.33. The van der Waals surface area contributed by atoms with E-state index in [9.17, 15) is 14.7 Å². The second-order valence-electron chi connectivity index (χ2n) is 5.83. The number of hydrogen-bond acceptors (Lipinski definition) is 3. The molecule has 0 saturated heterocycles. The van der Waals surface area contributed by atoms with Crippen LogP contribution in [0.2, 0.25) is 0 Å². The van der Waals surface area contributed by atoms with E-state index in [0.29, 0.717) is 13.0 Å². The SMILES string of the molecule is O=C(O)C1C=CC(NC(=O)N(CCO)C2CCCCC2)C1. The molecule has 0 radical (unpaired) electrons. The molecule has 0 aromatic carbocycles. The normalized spacial score (nSPS) is 25.8. The van der Waals surface area contributed by atoms with Gasteiger partial charge in [-0.05, 0) is 19.3 Å². The quantitative estimate of drug-likeness (QED) is 0.668. The Balaban J connectivity index is 1.90. The summed E-state index contributed by atoms with van der Waals surface area (Å²) in [5.74, 6) is -1.38. The Kier molecular flexibility index (Phi) is 5.61. The number of carbonyl (C=O) groups is 2. The predicted molar refractivity (Wildman–Crippen MR) is 77.9 cm³/mol. The molecule has 2 aliphatic rings. The van der Waals surface area contributed by atoms with Gasteiger partial charge in [0.1, 0.15) is 0 Å². The van der Waals surface area contributed by atoms with Gasteiger partial charge in [0.15, 0.2) is 0 Å². The molecule has 1 saturated carbocycles. The van der Waals surface area contributed by atoms with Gasteiger partial charge in [0.2, 0.25) is 0 Å². The molecule has 2 unspecified atom stereocenters. The Hall–Kier alpha value is -1.56. The van der Waals surface area contributed by atoms with E-state index >= 15 is 0 Å². The van der Waals surface area contributed by atoms with E-state index in [-0.39, 0.29) is 24.7 Å². The molecule has 21 heavy (non-hydrogen) atoms. The second-order valence-corrected chi connectivity index (χ2v) is 5.83. The molecule has 0 bridgehead atoms. The Bertz CT molecular complexity index is 404. The Morgan fingerprint density at radius 1 is 1.19 bits per heavy atom. The van der Waals surface area contributed by atoms with E-state index in [1.165, 1.54) is 6.42 Å². The minimum absolute atomic E-state index is 0.0534. The number of aliphatic hydroxyl groups excluding tert-OH is 1. The molecule has 6 nitrogen and oxygen atoms in total.